The van der Waals surface area contributed by atoms with Crippen LogP contribution in [0.25, 0.3) is 0 Å². The van der Waals surface area contributed by atoms with Crippen LogP contribution in [0.5, 0.6) is 5.75 Å². The van der Waals surface area contributed by atoms with Gasteiger partial charge in [-0.1, -0.05) is 25.1 Å². The summed E-state index contributed by atoms with van der Waals surface area (Å²) in [4.78, 5) is 11.7. The van der Waals surface area contributed by atoms with E-state index >= 15 is 0 Å². The Morgan fingerprint density at radius 3 is 2.63 bits per heavy atom. The van der Waals surface area contributed by atoms with Crippen molar-refractivity contribution in [1.82, 2.24) is 10.6 Å². The molecule has 0 radical (unpaired) electrons. The SMILES string of the molecule is CCC(C)NC(=O)COc1ccccc1C(C)NC. The van der Waals surface area contributed by atoms with E-state index in [0.29, 0.717) is 0 Å². The van der Waals surface area contributed by atoms with E-state index in [1.165, 1.54) is 0 Å². The molecule has 1 amide bonds. The summed E-state index contributed by atoms with van der Waals surface area (Å²) in [5.74, 6) is 0.671. The van der Waals surface area contributed by atoms with Gasteiger partial charge in [0.15, 0.2) is 6.61 Å². The van der Waals surface area contributed by atoms with Crippen molar-refractivity contribution in [2.24, 2.45) is 0 Å². The molecule has 0 aliphatic heterocycles. The van der Waals surface area contributed by atoms with Gasteiger partial charge in [-0.25, -0.2) is 0 Å². The number of amides is 1. The van der Waals surface area contributed by atoms with Crippen LogP contribution in [0.4, 0.5) is 0 Å². The number of ether oxygens (including phenoxy) is 1. The maximum absolute atomic E-state index is 11.7. The zero-order chi connectivity index (χ0) is 14.3. The van der Waals surface area contributed by atoms with Gasteiger partial charge in [-0.15, -0.1) is 0 Å². The lowest BCUT2D eigenvalue weighted by molar-refractivity contribution is -0.123. The van der Waals surface area contributed by atoms with Crippen molar-refractivity contribution in [1.29, 1.82) is 0 Å². The molecule has 106 valence electrons. The second-order valence-corrected chi connectivity index (χ2v) is 4.71. The van der Waals surface area contributed by atoms with E-state index < -0.39 is 0 Å². The summed E-state index contributed by atoms with van der Waals surface area (Å²) in [7, 11) is 1.90. The molecule has 0 fully saturated rings. The van der Waals surface area contributed by atoms with E-state index in [4.69, 9.17) is 4.74 Å². The normalized spacial score (nSPS) is 13.7. The van der Waals surface area contributed by atoms with Gasteiger partial charge in [0.1, 0.15) is 5.75 Å². The van der Waals surface area contributed by atoms with E-state index in [1.807, 2.05) is 45.2 Å². The quantitative estimate of drug-likeness (QED) is 0.794. The van der Waals surface area contributed by atoms with Crippen molar-refractivity contribution >= 4 is 5.91 Å². The zero-order valence-corrected chi connectivity index (χ0v) is 12.2. The Balaban J connectivity index is 2.60. The highest BCUT2D eigenvalue weighted by Crippen LogP contribution is 2.24. The van der Waals surface area contributed by atoms with Crippen molar-refractivity contribution in [2.75, 3.05) is 13.7 Å². The number of nitrogens with one attached hydrogen (secondary N) is 2. The van der Waals surface area contributed by atoms with E-state index in [1.54, 1.807) is 0 Å². The average Bonchev–Trinajstić information content (AvgIpc) is 2.44. The largest absolute Gasteiger partial charge is 0.483 e. The Labute approximate surface area is 115 Å². The molecule has 0 aromatic heterocycles. The van der Waals surface area contributed by atoms with Gasteiger partial charge in [-0.2, -0.15) is 0 Å². The summed E-state index contributed by atoms with van der Waals surface area (Å²) in [5.41, 5.74) is 1.06. The summed E-state index contributed by atoms with van der Waals surface area (Å²) in [6, 6.07) is 8.14. The molecule has 0 heterocycles. The zero-order valence-electron chi connectivity index (χ0n) is 12.2. The topological polar surface area (TPSA) is 50.4 Å². The standard InChI is InChI=1S/C15H24N2O2/c1-5-11(2)17-15(18)10-19-14-9-7-6-8-13(14)12(3)16-4/h6-9,11-12,16H,5,10H2,1-4H3,(H,17,18). The summed E-state index contributed by atoms with van der Waals surface area (Å²) >= 11 is 0. The molecular weight excluding hydrogens is 240 g/mol. The van der Waals surface area contributed by atoms with Crippen LogP contribution in [0.1, 0.15) is 38.8 Å². The number of hydrogen-bond acceptors (Lipinski definition) is 3. The number of para-hydroxylation sites is 1. The van der Waals surface area contributed by atoms with Crippen LogP contribution in [0.2, 0.25) is 0 Å². The van der Waals surface area contributed by atoms with Crippen LogP contribution >= 0.6 is 0 Å². The maximum Gasteiger partial charge on any atom is 0.258 e. The molecule has 0 bridgehead atoms. The Hall–Kier alpha value is -1.55. The fourth-order valence-electron chi connectivity index (χ4n) is 1.69. The monoisotopic (exact) mass is 264 g/mol. The van der Waals surface area contributed by atoms with Crippen molar-refractivity contribution < 1.29 is 9.53 Å². The van der Waals surface area contributed by atoms with E-state index in [2.05, 4.69) is 17.6 Å². The van der Waals surface area contributed by atoms with E-state index in [-0.39, 0.29) is 24.6 Å². The lowest BCUT2D eigenvalue weighted by Crippen LogP contribution is -2.35. The summed E-state index contributed by atoms with van der Waals surface area (Å²) < 4.78 is 5.62. The summed E-state index contributed by atoms with van der Waals surface area (Å²) in [6.45, 7) is 6.13. The number of hydrogen-bond donors (Lipinski definition) is 2. The van der Waals surface area contributed by atoms with Crippen LogP contribution < -0.4 is 15.4 Å². The lowest BCUT2D eigenvalue weighted by Gasteiger charge is -2.17. The molecule has 1 rings (SSSR count). The van der Waals surface area contributed by atoms with Gasteiger partial charge >= 0.3 is 0 Å². The number of carbonyl (C=O) groups excluding carboxylic acids is 1. The van der Waals surface area contributed by atoms with Crippen LogP contribution in [-0.2, 0) is 4.79 Å². The van der Waals surface area contributed by atoms with Gasteiger partial charge in [0, 0.05) is 17.6 Å². The van der Waals surface area contributed by atoms with Gasteiger partial charge < -0.3 is 15.4 Å². The molecule has 4 nitrogen and oxygen atoms in total. The van der Waals surface area contributed by atoms with Crippen LogP contribution in [0.3, 0.4) is 0 Å². The first-order chi connectivity index (χ1) is 9.08. The lowest BCUT2D eigenvalue weighted by atomic mass is 10.1. The third-order valence-electron chi connectivity index (χ3n) is 3.20. The second-order valence-electron chi connectivity index (χ2n) is 4.71. The van der Waals surface area contributed by atoms with Crippen molar-refractivity contribution in [3.8, 4) is 5.75 Å². The fraction of sp³-hybridized carbons (Fsp3) is 0.533. The second kappa shape index (κ2) is 7.79. The minimum absolute atomic E-state index is 0.0534. The first-order valence-electron chi connectivity index (χ1n) is 6.76. The molecule has 2 unspecified atom stereocenters. The van der Waals surface area contributed by atoms with Gasteiger partial charge in [-0.3, -0.25) is 4.79 Å². The third-order valence-corrected chi connectivity index (χ3v) is 3.20. The first-order valence-corrected chi connectivity index (χ1v) is 6.76. The Morgan fingerprint density at radius 2 is 2.00 bits per heavy atom. The predicted molar refractivity (Wildman–Crippen MR) is 77.3 cm³/mol. The van der Waals surface area contributed by atoms with Crippen molar-refractivity contribution in [2.45, 2.75) is 39.3 Å². The highest BCUT2D eigenvalue weighted by molar-refractivity contribution is 5.77. The van der Waals surface area contributed by atoms with Gasteiger partial charge in [0.05, 0.1) is 0 Å². The molecule has 0 spiro atoms. The molecular formula is C15H24N2O2. The first kappa shape index (κ1) is 15.5. The third kappa shape index (κ3) is 4.91. The highest BCUT2D eigenvalue weighted by atomic mass is 16.5. The molecule has 4 heteroatoms. The minimum atomic E-state index is -0.0822. The number of benzene rings is 1. The summed E-state index contributed by atoms with van der Waals surface area (Å²) in [6.07, 6.45) is 0.916. The van der Waals surface area contributed by atoms with Crippen molar-refractivity contribution in [3.05, 3.63) is 29.8 Å². The molecule has 0 saturated carbocycles. The van der Waals surface area contributed by atoms with Crippen LogP contribution in [0, 0.1) is 0 Å². The molecule has 0 aliphatic rings. The van der Waals surface area contributed by atoms with Gasteiger partial charge in [-0.05, 0) is 33.4 Å². The predicted octanol–water partition coefficient (Wildman–Crippen LogP) is 2.26. The van der Waals surface area contributed by atoms with E-state index in [0.717, 1.165) is 17.7 Å². The maximum atomic E-state index is 11.7. The highest BCUT2D eigenvalue weighted by Gasteiger charge is 2.11. The molecule has 0 saturated heterocycles. The molecule has 19 heavy (non-hydrogen) atoms. The smallest absolute Gasteiger partial charge is 0.258 e. The minimum Gasteiger partial charge on any atom is -0.483 e. The van der Waals surface area contributed by atoms with Crippen LogP contribution in [-0.4, -0.2) is 25.6 Å². The van der Waals surface area contributed by atoms with Gasteiger partial charge in [0.2, 0.25) is 0 Å². The summed E-state index contributed by atoms with van der Waals surface area (Å²) in [5, 5.41) is 6.05. The van der Waals surface area contributed by atoms with Crippen LogP contribution in [0.15, 0.2) is 24.3 Å². The van der Waals surface area contributed by atoms with Crippen molar-refractivity contribution in [3.63, 3.8) is 0 Å². The molecule has 2 atom stereocenters. The number of rotatable bonds is 7. The Kier molecular flexibility index (Phi) is 6.36. The molecule has 1 aromatic carbocycles. The molecule has 2 N–H and O–H groups in total. The number of carbonyl (C=O) groups is 1. The molecule has 0 aliphatic carbocycles. The Morgan fingerprint density at radius 1 is 1.32 bits per heavy atom. The van der Waals surface area contributed by atoms with E-state index in [9.17, 15) is 4.79 Å². The Bertz CT molecular complexity index is 407. The fourth-order valence-corrected chi connectivity index (χ4v) is 1.69. The molecule has 1 aromatic rings. The average molecular weight is 264 g/mol. The van der Waals surface area contributed by atoms with Gasteiger partial charge in [0.25, 0.3) is 5.91 Å².